The second-order valence-electron chi connectivity index (χ2n) is 6.15. The van der Waals surface area contributed by atoms with E-state index >= 15 is 0 Å². The van der Waals surface area contributed by atoms with Gasteiger partial charge in [-0.1, -0.05) is 45.0 Å². The molecule has 6 heteroatoms. The van der Waals surface area contributed by atoms with Gasteiger partial charge in [0.1, 0.15) is 22.8 Å². The summed E-state index contributed by atoms with van der Waals surface area (Å²) in [5, 5.41) is 20.6. The molecule has 24 heavy (non-hydrogen) atoms. The minimum absolute atomic E-state index is 0.0298. The molecule has 2 N–H and O–H groups in total. The Bertz CT molecular complexity index is 868. The van der Waals surface area contributed by atoms with Crippen LogP contribution in [0, 0.1) is 22.7 Å². The van der Waals surface area contributed by atoms with E-state index in [1.807, 2.05) is 24.3 Å². The fourth-order valence-corrected chi connectivity index (χ4v) is 2.87. The van der Waals surface area contributed by atoms with Crippen LogP contribution in [0.1, 0.15) is 32.0 Å². The third-order valence-electron chi connectivity index (χ3n) is 3.25. The summed E-state index contributed by atoms with van der Waals surface area (Å²) in [4.78, 5) is 8.64. The Morgan fingerprint density at radius 1 is 1.21 bits per heavy atom. The molecule has 0 amide bonds. The summed E-state index contributed by atoms with van der Waals surface area (Å²) in [7, 11) is 0. The highest BCUT2D eigenvalue weighted by atomic mass is 32.1. The SMILES string of the molecule is CC(C)(C)c1csc(-c2ccc(C=NC(C#N)=C(N)C#N)cc2)n1. The highest BCUT2D eigenvalue weighted by Gasteiger charge is 2.17. The van der Waals surface area contributed by atoms with E-state index in [1.165, 1.54) is 6.21 Å². The molecule has 0 aliphatic heterocycles. The normalized spacial score (nSPS) is 12.5. The second kappa shape index (κ2) is 7.08. The molecule has 120 valence electrons. The van der Waals surface area contributed by atoms with E-state index in [9.17, 15) is 0 Å². The van der Waals surface area contributed by atoms with Crippen LogP contribution in [0.15, 0.2) is 46.0 Å². The summed E-state index contributed by atoms with van der Waals surface area (Å²) in [6.45, 7) is 6.41. The Labute approximate surface area is 145 Å². The number of benzene rings is 1. The van der Waals surface area contributed by atoms with Crippen LogP contribution in [0.25, 0.3) is 10.6 Å². The van der Waals surface area contributed by atoms with Gasteiger partial charge in [-0.15, -0.1) is 11.3 Å². The van der Waals surface area contributed by atoms with Gasteiger partial charge in [0.05, 0.1) is 5.69 Å². The molecule has 0 aliphatic rings. The first-order chi connectivity index (χ1) is 11.3. The monoisotopic (exact) mass is 335 g/mol. The predicted molar refractivity (Wildman–Crippen MR) is 96.3 cm³/mol. The second-order valence-corrected chi connectivity index (χ2v) is 7.01. The predicted octanol–water partition coefficient (Wildman–Crippen LogP) is 3.74. The van der Waals surface area contributed by atoms with Crippen LogP contribution in [0.2, 0.25) is 0 Å². The van der Waals surface area contributed by atoms with Crippen molar-refractivity contribution in [1.82, 2.24) is 4.98 Å². The van der Waals surface area contributed by atoms with E-state index in [2.05, 4.69) is 36.1 Å². The Balaban J connectivity index is 2.22. The fourth-order valence-electron chi connectivity index (χ4n) is 1.81. The zero-order chi connectivity index (χ0) is 17.7. The van der Waals surface area contributed by atoms with Crippen LogP contribution in [0.3, 0.4) is 0 Å². The third-order valence-corrected chi connectivity index (χ3v) is 4.15. The van der Waals surface area contributed by atoms with Gasteiger partial charge in [0.25, 0.3) is 0 Å². The lowest BCUT2D eigenvalue weighted by molar-refractivity contribution is 0.573. The van der Waals surface area contributed by atoms with Gasteiger partial charge < -0.3 is 5.73 Å². The van der Waals surface area contributed by atoms with Crippen LogP contribution >= 0.6 is 11.3 Å². The number of nitriles is 2. The van der Waals surface area contributed by atoms with Crippen LogP contribution in [-0.4, -0.2) is 11.2 Å². The van der Waals surface area contributed by atoms with Crippen molar-refractivity contribution in [2.75, 3.05) is 0 Å². The lowest BCUT2D eigenvalue weighted by Crippen LogP contribution is -2.11. The minimum Gasteiger partial charge on any atom is -0.388 e. The average molecular weight is 335 g/mol. The van der Waals surface area contributed by atoms with Crippen molar-refractivity contribution in [2.45, 2.75) is 26.2 Å². The molecule has 2 aromatic rings. The molecule has 0 radical (unpaired) electrons. The summed E-state index contributed by atoms with van der Waals surface area (Å²) in [6.07, 6.45) is 1.51. The number of hydrogen-bond donors (Lipinski definition) is 1. The molecule has 0 aliphatic carbocycles. The van der Waals surface area contributed by atoms with Crippen molar-refractivity contribution in [2.24, 2.45) is 10.7 Å². The van der Waals surface area contributed by atoms with E-state index < -0.39 is 0 Å². The van der Waals surface area contributed by atoms with Crippen LogP contribution in [0.5, 0.6) is 0 Å². The summed E-state index contributed by atoms with van der Waals surface area (Å²) in [6, 6.07) is 11.2. The molecule has 2 rings (SSSR count). The van der Waals surface area contributed by atoms with Crippen molar-refractivity contribution < 1.29 is 0 Å². The molecule has 1 aromatic heterocycles. The van der Waals surface area contributed by atoms with E-state index in [4.69, 9.17) is 16.3 Å². The summed E-state index contributed by atoms with van der Waals surface area (Å²) in [5.74, 6) is 0. The average Bonchev–Trinajstić information content (AvgIpc) is 3.06. The van der Waals surface area contributed by atoms with Crippen molar-refractivity contribution in [3.05, 3.63) is 52.3 Å². The van der Waals surface area contributed by atoms with Gasteiger partial charge in [-0.05, 0) is 5.56 Å². The highest BCUT2D eigenvalue weighted by Crippen LogP contribution is 2.29. The van der Waals surface area contributed by atoms with Gasteiger partial charge in [-0.25, -0.2) is 9.98 Å². The van der Waals surface area contributed by atoms with E-state index in [-0.39, 0.29) is 16.8 Å². The number of rotatable bonds is 3. The Kier molecular flexibility index (Phi) is 5.13. The maximum atomic E-state index is 8.91. The Morgan fingerprint density at radius 3 is 2.38 bits per heavy atom. The van der Waals surface area contributed by atoms with Crippen LogP contribution < -0.4 is 5.73 Å². The quantitative estimate of drug-likeness (QED) is 0.682. The smallest absolute Gasteiger partial charge is 0.174 e. The number of aromatic nitrogens is 1. The van der Waals surface area contributed by atoms with Crippen molar-refractivity contribution in [3.63, 3.8) is 0 Å². The van der Waals surface area contributed by atoms with Crippen LogP contribution in [0.4, 0.5) is 0 Å². The van der Waals surface area contributed by atoms with Gasteiger partial charge in [0, 0.05) is 22.6 Å². The zero-order valence-electron chi connectivity index (χ0n) is 13.7. The number of aliphatic imine (C=N–C) groups is 1. The molecule has 0 saturated carbocycles. The van der Waals surface area contributed by atoms with Crippen molar-refractivity contribution in [1.29, 1.82) is 10.5 Å². The molecule has 0 unspecified atom stereocenters. The molecule has 0 spiro atoms. The molecule has 0 bridgehead atoms. The lowest BCUT2D eigenvalue weighted by atomic mass is 9.93. The van der Waals surface area contributed by atoms with E-state index in [0.29, 0.717) is 0 Å². The summed E-state index contributed by atoms with van der Waals surface area (Å²) >= 11 is 1.62. The first-order valence-corrected chi connectivity index (χ1v) is 8.13. The van der Waals surface area contributed by atoms with Gasteiger partial charge in [0.15, 0.2) is 5.70 Å². The number of nitrogens with zero attached hydrogens (tertiary/aromatic N) is 4. The number of hydrogen-bond acceptors (Lipinski definition) is 6. The molecule has 0 saturated heterocycles. The molecule has 1 heterocycles. The van der Waals surface area contributed by atoms with E-state index in [0.717, 1.165) is 21.8 Å². The zero-order valence-corrected chi connectivity index (χ0v) is 14.6. The lowest BCUT2D eigenvalue weighted by Gasteiger charge is -2.14. The topological polar surface area (TPSA) is 98.9 Å². The summed E-state index contributed by atoms with van der Waals surface area (Å²) < 4.78 is 0. The Hall–Kier alpha value is -2.96. The number of thiazole rings is 1. The van der Waals surface area contributed by atoms with Gasteiger partial charge >= 0.3 is 0 Å². The van der Waals surface area contributed by atoms with Crippen molar-refractivity contribution >= 4 is 17.6 Å². The molecule has 0 fully saturated rings. The molecular weight excluding hydrogens is 318 g/mol. The standard InChI is InChI=1S/C18H17N5S/c1-18(2,3)16-11-24-17(23-16)13-6-4-12(5-7-13)10-22-15(9-20)14(21)8-19/h4-7,10-11H,21H2,1-3H3. The Morgan fingerprint density at radius 2 is 1.88 bits per heavy atom. The number of allylic oxidation sites excluding steroid dienone is 2. The minimum atomic E-state index is -0.192. The first-order valence-electron chi connectivity index (χ1n) is 7.25. The molecule has 5 nitrogen and oxygen atoms in total. The first kappa shape index (κ1) is 17.4. The van der Waals surface area contributed by atoms with Crippen LogP contribution in [-0.2, 0) is 5.41 Å². The largest absolute Gasteiger partial charge is 0.388 e. The molecular formula is C18H17N5S. The van der Waals surface area contributed by atoms with Gasteiger partial charge in [-0.3, -0.25) is 0 Å². The fraction of sp³-hybridized carbons (Fsp3) is 0.222. The van der Waals surface area contributed by atoms with Crippen molar-refractivity contribution in [3.8, 4) is 22.7 Å². The molecule has 0 atom stereocenters. The van der Waals surface area contributed by atoms with Gasteiger partial charge in [0.2, 0.25) is 0 Å². The summed E-state index contributed by atoms with van der Waals surface area (Å²) in [5.41, 5.74) is 8.07. The number of nitrogens with two attached hydrogens (primary N) is 1. The highest BCUT2D eigenvalue weighted by molar-refractivity contribution is 7.13. The van der Waals surface area contributed by atoms with E-state index in [1.54, 1.807) is 23.5 Å². The maximum Gasteiger partial charge on any atom is 0.174 e. The molecule has 1 aromatic carbocycles. The third kappa shape index (κ3) is 4.07. The van der Waals surface area contributed by atoms with Gasteiger partial charge in [-0.2, -0.15) is 10.5 Å². The maximum absolute atomic E-state index is 8.91.